The van der Waals surface area contributed by atoms with Crippen molar-refractivity contribution in [3.8, 4) is 0 Å². The van der Waals surface area contributed by atoms with Gasteiger partial charge in [-0.2, -0.15) is 0 Å². The zero-order valence-corrected chi connectivity index (χ0v) is 14.0. The van der Waals surface area contributed by atoms with E-state index in [4.69, 9.17) is 0 Å². The van der Waals surface area contributed by atoms with Crippen LogP contribution in [-0.4, -0.2) is 31.0 Å². The number of para-hydroxylation sites is 1. The van der Waals surface area contributed by atoms with Gasteiger partial charge < -0.3 is 9.80 Å². The second-order valence-electron chi connectivity index (χ2n) is 6.59. The Bertz CT molecular complexity index is 865. The summed E-state index contributed by atoms with van der Waals surface area (Å²) in [6.45, 7) is 1.33. The fraction of sp³-hybridized carbons (Fsp3) is 0.316. The van der Waals surface area contributed by atoms with Crippen molar-refractivity contribution < 1.29 is 9.72 Å². The Kier molecular flexibility index (Phi) is 3.67. The van der Waals surface area contributed by atoms with E-state index in [0.29, 0.717) is 24.2 Å². The summed E-state index contributed by atoms with van der Waals surface area (Å²) in [5.74, 6) is -0.155. The summed E-state index contributed by atoms with van der Waals surface area (Å²) in [6, 6.07) is 13.0. The first-order valence-electron chi connectivity index (χ1n) is 8.45. The number of nitrogens with zero attached hydrogens (tertiary/aromatic N) is 3. The Labute approximate surface area is 145 Å². The predicted octanol–water partition coefficient (Wildman–Crippen LogP) is 3.11. The quantitative estimate of drug-likeness (QED) is 0.624. The van der Waals surface area contributed by atoms with Crippen molar-refractivity contribution in [3.05, 3.63) is 63.7 Å². The molecular weight excluding hydrogens is 318 g/mol. The first-order valence-corrected chi connectivity index (χ1v) is 8.45. The maximum Gasteiger partial charge on any atom is 0.274 e. The zero-order chi connectivity index (χ0) is 17.6. The van der Waals surface area contributed by atoms with Crippen molar-refractivity contribution in [1.29, 1.82) is 0 Å². The summed E-state index contributed by atoms with van der Waals surface area (Å²) in [5.41, 5.74) is 3.60. The van der Waals surface area contributed by atoms with Crippen LogP contribution in [0.15, 0.2) is 42.5 Å². The van der Waals surface area contributed by atoms with Gasteiger partial charge in [-0.1, -0.05) is 24.3 Å². The standard InChI is InChI=1S/C19H19N3O3/c1-20-11-9-14(13-5-2-3-6-16(13)20)19(23)21-12-10-15-17(21)7-4-8-18(15)22(24)25/h2-8,14H,9-12H2,1H3. The molecule has 6 heteroatoms. The van der Waals surface area contributed by atoms with Crippen molar-refractivity contribution >= 4 is 23.0 Å². The van der Waals surface area contributed by atoms with Gasteiger partial charge in [0.2, 0.25) is 5.91 Å². The Balaban J connectivity index is 1.70. The molecule has 2 aliphatic rings. The highest BCUT2D eigenvalue weighted by molar-refractivity contribution is 6.01. The van der Waals surface area contributed by atoms with Gasteiger partial charge in [-0.15, -0.1) is 0 Å². The summed E-state index contributed by atoms with van der Waals surface area (Å²) in [5, 5.41) is 11.2. The zero-order valence-electron chi connectivity index (χ0n) is 14.0. The van der Waals surface area contributed by atoms with Gasteiger partial charge in [0.15, 0.2) is 0 Å². The van der Waals surface area contributed by atoms with Crippen LogP contribution in [0.1, 0.15) is 23.5 Å². The lowest BCUT2D eigenvalue weighted by Crippen LogP contribution is -2.38. The van der Waals surface area contributed by atoms with E-state index in [1.165, 1.54) is 6.07 Å². The molecule has 0 radical (unpaired) electrons. The van der Waals surface area contributed by atoms with Gasteiger partial charge in [-0.05, 0) is 30.5 Å². The van der Waals surface area contributed by atoms with Crippen molar-refractivity contribution in [2.45, 2.75) is 18.8 Å². The number of carbonyl (C=O) groups is 1. The van der Waals surface area contributed by atoms with Gasteiger partial charge in [0.25, 0.3) is 5.69 Å². The molecule has 0 bridgehead atoms. The van der Waals surface area contributed by atoms with E-state index >= 15 is 0 Å². The number of carbonyl (C=O) groups excluding carboxylic acids is 1. The van der Waals surface area contributed by atoms with Crippen LogP contribution in [0.25, 0.3) is 0 Å². The lowest BCUT2D eigenvalue weighted by atomic mass is 9.89. The van der Waals surface area contributed by atoms with E-state index in [-0.39, 0.29) is 22.4 Å². The highest BCUT2D eigenvalue weighted by atomic mass is 16.6. The number of hydrogen-bond acceptors (Lipinski definition) is 4. The lowest BCUT2D eigenvalue weighted by Gasteiger charge is -2.34. The number of benzene rings is 2. The number of fused-ring (bicyclic) bond motifs is 2. The molecular formula is C19H19N3O3. The first-order chi connectivity index (χ1) is 12.1. The van der Waals surface area contributed by atoms with Gasteiger partial charge in [0, 0.05) is 31.9 Å². The van der Waals surface area contributed by atoms with Crippen LogP contribution in [0.2, 0.25) is 0 Å². The normalized spacial score (nSPS) is 18.7. The fourth-order valence-electron chi connectivity index (χ4n) is 3.99. The maximum atomic E-state index is 13.3. The van der Waals surface area contributed by atoms with E-state index in [9.17, 15) is 14.9 Å². The van der Waals surface area contributed by atoms with Gasteiger partial charge in [0.1, 0.15) is 0 Å². The molecule has 4 rings (SSSR count). The molecule has 2 aromatic rings. The molecule has 0 saturated heterocycles. The Morgan fingerprint density at radius 3 is 2.68 bits per heavy atom. The molecule has 2 aromatic carbocycles. The van der Waals surface area contributed by atoms with Crippen molar-refractivity contribution in [1.82, 2.24) is 0 Å². The molecule has 1 unspecified atom stereocenters. The van der Waals surface area contributed by atoms with Gasteiger partial charge in [-0.3, -0.25) is 14.9 Å². The average molecular weight is 337 g/mol. The highest BCUT2D eigenvalue weighted by Gasteiger charge is 2.36. The summed E-state index contributed by atoms with van der Waals surface area (Å²) < 4.78 is 0. The van der Waals surface area contributed by atoms with Crippen LogP contribution in [0.5, 0.6) is 0 Å². The van der Waals surface area contributed by atoms with Gasteiger partial charge >= 0.3 is 0 Å². The van der Waals surface area contributed by atoms with Crippen molar-refractivity contribution in [2.24, 2.45) is 0 Å². The molecule has 25 heavy (non-hydrogen) atoms. The maximum absolute atomic E-state index is 13.3. The van der Waals surface area contributed by atoms with E-state index < -0.39 is 0 Å². The van der Waals surface area contributed by atoms with Crippen LogP contribution < -0.4 is 9.80 Å². The first kappa shape index (κ1) is 15.6. The Hall–Kier alpha value is -2.89. The molecule has 2 heterocycles. The van der Waals surface area contributed by atoms with Gasteiger partial charge in [-0.25, -0.2) is 0 Å². The Morgan fingerprint density at radius 1 is 1.12 bits per heavy atom. The van der Waals surface area contributed by atoms with Crippen molar-refractivity contribution in [2.75, 3.05) is 29.9 Å². The lowest BCUT2D eigenvalue weighted by molar-refractivity contribution is -0.385. The van der Waals surface area contributed by atoms with Crippen LogP contribution in [0.3, 0.4) is 0 Å². The molecule has 2 aliphatic heterocycles. The number of amides is 1. The number of rotatable bonds is 2. The van der Waals surface area contributed by atoms with E-state index in [2.05, 4.69) is 4.90 Å². The number of nitro groups is 1. The number of hydrogen-bond donors (Lipinski definition) is 0. The molecule has 0 aliphatic carbocycles. The molecule has 1 amide bonds. The smallest absolute Gasteiger partial charge is 0.274 e. The summed E-state index contributed by atoms with van der Waals surface area (Å²) in [7, 11) is 2.04. The van der Waals surface area contributed by atoms with Crippen LogP contribution in [0.4, 0.5) is 17.1 Å². The summed E-state index contributed by atoms with van der Waals surface area (Å²) in [6.07, 6.45) is 1.29. The van der Waals surface area contributed by atoms with E-state index in [1.807, 2.05) is 37.4 Å². The fourth-order valence-corrected chi connectivity index (χ4v) is 3.99. The van der Waals surface area contributed by atoms with Crippen LogP contribution >= 0.6 is 0 Å². The molecule has 0 aromatic heterocycles. The molecule has 0 saturated carbocycles. The van der Waals surface area contributed by atoms with E-state index in [1.54, 1.807) is 11.0 Å². The third-order valence-electron chi connectivity index (χ3n) is 5.24. The summed E-state index contributed by atoms with van der Waals surface area (Å²) >= 11 is 0. The van der Waals surface area contributed by atoms with E-state index in [0.717, 1.165) is 24.2 Å². The number of nitro benzene ring substituents is 1. The summed E-state index contributed by atoms with van der Waals surface area (Å²) in [4.78, 5) is 28.0. The topological polar surface area (TPSA) is 66.7 Å². The van der Waals surface area contributed by atoms with Crippen molar-refractivity contribution in [3.63, 3.8) is 0 Å². The third kappa shape index (κ3) is 2.45. The second kappa shape index (κ2) is 5.88. The van der Waals surface area contributed by atoms with Crippen LogP contribution in [-0.2, 0) is 11.2 Å². The second-order valence-corrected chi connectivity index (χ2v) is 6.59. The predicted molar refractivity (Wildman–Crippen MR) is 96.2 cm³/mol. The molecule has 1 atom stereocenters. The van der Waals surface area contributed by atoms with Crippen LogP contribution in [0, 0.1) is 10.1 Å². The highest BCUT2D eigenvalue weighted by Crippen LogP contribution is 2.40. The molecule has 128 valence electrons. The van der Waals surface area contributed by atoms with Gasteiger partial charge in [0.05, 0.1) is 22.1 Å². The molecule has 0 fully saturated rings. The minimum atomic E-state index is -0.363. The minimum Gasteiger partial charge on any atom is -0.374 e. The monoisotopic (exact) mass is 337 g/mol. The molecule has 0 spiro atoms. The number of anilines is 2. The Morgan fingerprint density at radius 2 is 1.88 bits per heavy atom. The molecule has 0 N–H and O–H groups in total. The largest absolute Gasteiger partial charge is 0.374 e. The SMILES string of the molecule is CN1CCC(C(=O)N2CCc3c2cccc3[N+](=O)[O-])c2ccccc21. The third-order valence-corrected chi connectivity index (χ3v) is 5.24. The average Bonchev–Trinajstić information content (AvgIpc) is 3.05. The molecule has 6 nitrogen and oxygen atoms in total. The minimum absolute atomic E-state index is 0.0415.